The van der Waals surface area contributed by atoms with E-state index in [-0.39, 0.29) is 5.78 Å². The van der Waals surface area contributed by atoms with Gasteiger partial charge in [-0.1, -0.05) is 5.92 Å². The molecule has 0 aliphatic rings. The molecule has 14 heavy (non-hydrogen) atoms. The Balaban J connectivity index is 4.58. The van der Waals surface area contributed by atoms with Crippen LogP contribution in [0.25, 0.3) is 0 Å². The van der Waals surface area contributed by atoms with Gasteiger partial charge in [0, 0.05) is 24.5 Å². The second-order valence-corrected chi connectivity index (χ2v) is 3.10. The van der Waals surface area contributed by atoms with Gasteiger partial charge in [-0.05, 0) is 33.6 Å². The van der Waals surface area contributed by atoms with Crippen molar-refractivity contribution in [1.82, 2.24) is 5.01 Å². The zero-order chi connectivity index (χ0) is 11.1. The number of ketones is 1. The summed E-state index contributed by atoms with van der Waals surface area (Å²) in [7, 11) is 1.80. The van der Waals surface area contributed by atoms with Gasteiger partial charge in [0.05, 0.1) is 0 Å². The molecule has 0 saturated heterocycles. The van der Waals surface area contributed by atoms with Crippen molar-refractivity contribution in [2.75, 3.05) is 7.05 Å². The van der Waals surface area contributed by atoms with E-state index in [0.717, 1.165) is 11.4 Å². The third kappa shape index (κ3) is 5.15. The largest absolute Gasteiger partial charge is 0.280 e. The van der Waals surface area contributed by atoms with E-state index in [1.165, 1.54) is 6.08 Å². The Kier molecular flexibility index (Phi) is 5.31. The number of carbonyl (C=O) groups excluding carboxylic acids is 1. The average molecular weight is 192 g/mol. The minimum absolute atomic E-state index is 0.194. The fourth-order valence-electron chi connectivity index (χ4n) is 0.821. The minimum atomic E-state index is -0.194. The van der Waals surface area contributed by atoms with Gasteiger partial charge in [-0.3, -0.25) is 9.80 Å². The lowest BCUT2D eigenvalue weighted by molar-refractivity contribution is -0.109. The molecule has 0 aromatic carbocycles. The minimum Gasteiger partial charge on any atom is -0.280 e. The molecule has 0 aliphatic carbocycles. The predicted molar refractivity (Wildman–Crippen MR) is 58.8 cm³/mol. The summed E-state index contributed by atoms with van der Waals surface area (Å²) in [4.78, 5) is 11.1. The van der Waals surface area contributed by atoms with E-state index in [0.29, 0.717) is 0 Å². The van der Waals surface area contributed by atoms with E-state index in [9.17, 15) is 4.79 Å². The van der Waals surface area contributed by atoms with Crippen LogP contribution < -0.4 is 0 Å². The Labute approximate surface area is 85.5 Å². The highest BCUT2D eigenvalue weighted by Crippen LogP contribution is 2.00. The highest BCUT2D eigenvalue weighted by atomic mass is 16.1. The molecule has 0 amide bonds. The van der Waals surface area contributed by atoms with E-state index in [1.807, 2.05) is 20.8 Å². The Hall–Kier alpha value is -1.56. The maximum atomic E-state index is 11.1. The first-order valence-corrected chi connectivity index (χ1v) is 4.38. The second-order valence-electron chi connectivity index (χ2n) is 3.10. The molecular weight excluding hydrogens is 176 g/mol. The molecule has 0 N–H and O–H groups in total. The van der Waals surface area contributed by atoms with Gasteiger partial charge in [0.15, 0.2) is 0 Å². The van der Waals surface area contributed by atoms with Crippen molar-refractivity contribution in [2.24, 2.45) is 5.10 Å². The van der Waals surface area contributed by atoms with Crippen LogP contribution in [0.2, 0.25) is 0 Å². The molecular formula is C11H16N2O. The van der Waals surface area contributed by atoms with Crippen LogP contribution >= 0.6 is 0 Å². The summed E-state index contributed by atoms with van der Waals surface area (Å²) >= 11 is 0. The number of rotatable bonds is 3. The predicted octanol–water partition coefficient (Wildman–Crippen LogP) is 1.81. The Morgan fingerprint density at radius 1 is 1.36 bits per heavy atom. The quantitative estimate of drug-likeness (QED) is 0.224. The summed E-state index contributed by atoms with van der Waals surface area (Å²) in [5, 5.41) is 5.83. The summed E-state index contributed by atoms with van der Waals surface area (Å²) < 4.78 is 0. The standard InChI is InChI=1S/C11H16N2O/c1-6-7-11(14)8-10(4)13(5)12-9(2)3/h8H,1-5H3/b10-8+. The third-order valence-electron chi connectivity index (χ3n) is 1.45. The van der Waals surface area contributed by atoms with Crippen LogP contribution in [0.15, 0.2) is 16.9 Å². The monoisotopic (exact) mass is 192 g/mol. The number of allylic oxidation sites excluding steroid dienone is 2. The van der Waals surface area contributed by atoms with E-state index >= 15 is 0 Å². The Morgan fingerprint density at radius 2 is 1.93 bits per heavy atom. The normalized spacial score (nSPS) is 9.93. The number of nitrogens with zero attached hydrogens (tertiary/aromatic N) is 2. The molecule has 76 valence electrons. The van der Waals surface area contributed by atoms with Crippen LogP contribution in [0.5, 0.6) is 0 Å². The summed E-state index contributed by atoms with van der Waals surface area (Å²) in [6, 6.07) is 0. The zero-order valence-electron chi connectivity index (χ0n) is 9.38. The molecule has 0 saturated carbocycles. The topological polar surface area (TPSA) is 32.7 Å². The van der Waals surface area contributed by atoms with Crippen LogP contribution in [0.1, 0.15) is 27.7 Å². The molecule has 3 nitrogen and oxygen atoms in total. The van der Waals surface area contributed by atoms with Crippen LogP contribution in [-0.2, 0) is 4.79 Å². The maximum Gasteiger partial charge on any atom is 0.230 e. The van der Waals surface area contributed by atoms with Crippen molar-refractivity contribution in [3.05, 3.63) is 11.8 Å². The van der Waals surface area contributed by atoms with Crippen molar-refractivity contribution < 1.29 is 4.79 Å². The number of carbonyl (C=O) groups is 1. The molecule has 0 fully saturated rings. The molecule has 0 spiro atoms. The molecule has 0 unspecified atom stereocenters. The van der Waals surface area contributed by atoms with Crippen molar-refractivity contribution >= 4 is 11.5 Å². The van der Waals surface area contributed by atoms with Gasteiger partial charge < -0.3 is 0 Å². The van der Waals surface area contributed by atoms with E-state index in [1.54, 1.807) is 19.0 Å². The summed E-state index contributed by atoms with van der Waals surface area (Å²) in [5.41, 5.74) is 1.72. The molecule has 0 bridgehead atoms. The lowest BCUT2D eigenvalue weighted by Crippen LogP contribution is -2.11. The van der Waals surface area contributed by atoms with Crippen molar-refractivity contribution in [3.8, 4) is 11.8 Å². The fourth-order valence-corrected chi connectivity index (χ4v) is 0.821. The van der Waals surface area contributed by atoms with E-state index < -0.39 is 0 Å². The zero-order valence-corrected chi connectivity index (χ0v) is 9.38. The molecule has 0 aliphatic heterocycles. The van der Waals surface area contributed by atoms with Crippen molar-refractivity contribution in [1.29, 1.82) is 0 Å². The average Bonchev–Trinajstić information content (AvgIpc) is 2.02. The van der Waals surface area contributed by atoms with Gasteiger partial charge in [-0.15, -0.1) is 0 Å². The molecule has 0 atom stereocenters. The second kappa shape index (κ2) is 5.98. The number of hydrazone groups is 1. The first-order chi connectivity index (χ1) is 6.47. The number of hydrogen-bond acceptors (Lipinski definition) is 3. The van der Waals surface area contributed by atoms with Gasteiger partial charge in [0.2, 0.25) is 5.78 Å². The van der Waals surface area contributed by atoms with Crippen molar-refractivity contribution in [2.45, 2.75) is 27.7 Å². The van der Waals surface area contributed by atoms with Crippen LogP contribution in [-0.4, -0.2) is 23.6 Å². The van der Waals surface area contributed by atoms with Gasteiger partial charge >= 0.3 is 0 Å². The summed E-state index contributed by atoms with van der Waals surface area (Å²) in [6.45, 7) is 7.26. The van der Waals surface area contributed by atoms with Gasteiger partial charge in [0.1, 0.15) is 0 Å². The summed E-state index contributed by atoms with van der Waals surface area (Å²) in [5.74, 6) is 4.80. The molecule has 3 heteroatoms. The SMILES string of the molecule is CC#CC(=O)/C=C(\C)N(C)N=C(C)C. The first kappa shape index (κ1) is 12.4. The molecule has 0 heterocycles. The Morgan fingerprint density at radius 3 is 2.36 bits per heavy atom. The lowest BCUT2D eigenvalue weighted by Gasteiger charge is -2.13. The molecule has 0 radical (unpaired) electrons. The van der Waals surface area contributed by atoms with E-state index in [2.05, 4.69) is 16.9 Å². The fraction of sp³-hybridized carbons (Fsp3) is 0.455. The summed E-state index contributed by atoms with van der Waals surface area (Å²) in [6.07, 6.45) is 1.48. The molecule has 0 rings (SSSR count). The number of hydrogen-bond donors (Lipinski definition) is 0. The van der Waals surface area contributed by atoms with Gasteiger partial charge in [-0.2, -0.15) is 5.10 Å². The Bertz CT molecular complexity index is 325. The molecule has 0 aromatic rings. The highest BCUT2D eigenvalue weighted by molar-refractivity contribution is 6.04. The van der Waals surface area contributed by atoms with Crippen LogP contribution in [0, 0.1) is 11.8 Å². The smallest absolute Gasteiger partial charge is 0.230 e. The van der Waals surface area contributed by atoms with Gasteiger partial charge in [0.25, 0.3) is 0 Å². The van der Waals surface area contributed by atoms with E-state index in [4.69, 9.17) is 0 Å². The van der Waals surface area contributed by atoms with Crippen LogP contribution in [0.3, 0.4) is 0 Å². The maximum absolute atomic E-state index is 11.1. The molecule has 0 aromatic heterocycles. The first-order valence-electron chi connectivity index (χ1n) is 4.38. The highest BCUT2D eigenvalue weighted by Gasteiger charge is 1.98. The van der Waals surface area contributed by atoms with Gasteiger partial charge in [-0.25, -0.2) is 0 Å². The van der Waals surface area contributed by atoms with Crippen LogP contribution in [0.4, 0.5) is 0 Å². The third-order valence-corrected chi connectivity index (χ3v) is 1.45. The lowest BCUT2D eigenvalue weighted by atomic mass is 10.3. The van der Waals surface area contributed by atoms with Crippen molar-refractivity contribution in [3.63, 3.8) is 0 Å².